The summed E-state index contributed by atoms with van der Waals surface area (Å²) in [6.07, 6.45) is 1.29. The van der Waals surface area contributed by atoms with Gasteiger partial charge in [0.05, 0.1) is 12.8 Å². The maximum absolute atomic E-state index is 5.92. The van der Waals surface area contributed by atoms with Crippen LogP contribution in [0.2, 0.25) is 0 Å². The highest BCUT2D eigenvalue weighted by molar-refractivity contribution is 7.99. The second-order valence-corrected chi connectivity index (χ2v) is 5.54. The summed E-state index contributed by atoms with van der Waals surface area (Å²) in [5.74, 6) is 3.30. The first-order valence-corrected chi connectivity index (χ1v) is 7.17. The van der Waals surface area contributed by atoms with E-state index in [4.69, 9.17) is 10.5 Å². The quantitative estimate of drug-likeness (QED) is 0.837. The Morgan fingerprint density at radius 2 is 2.24 bits per heavy atom. The molecule has 0 aliphatic carbocycles. The Labute approximate surface area is 107 Å². The second-order valence-electron chi connectivity index (χ2n) is 4.32. The molecule has 3 nitrogen and oxygen atoms in total. The molecule has 2 N–H and O–H groups in total. The number of hydrogen-bond donors (Lipinski definition) is 1. The SMILES string of the molecule is COc1ccc(CN2CCCSCC2)cc1N. The van der Waals surface area contributed by atoms with Crippen molar-refractivity contribution in [2.75, 3.05) is 37.4 Å². The zero-order chi connectivity index (χ0) is 12.1. The van der Waals surface area contributed by atoms with Gasteiger partial charge in [-0.3, -0.25) is 4.90 Å². The lowest BCUT2D eigenvalue weighted by Gasteiger charge is -2.19. The molecule has 94 valence electrons. The van der Waals surface area contributed by atoms with Crippen LogP contribution in [0.25, 0.3) is 0 Å². The van der Waals surface area contributed by atoms with Crippen LogP contribution in [-0.4, -0.2) is 36.6 Å². The Morgan fingerprint density at radius 3 is 3.00 bits per heavy atom. The van der Waals surface area contributed by atoms with E-state index in [1.54, 1.807) is 7.11 Å². The number of hydrogen-bond acceptors (Lipinski definition) is 4. The van der Waals surface area contributed by atoms with Gasteiger partial charge < -0.3 is 10.5 Å². The molecule has 1 fully saturated rings. The van der Waals surface area contributed by atoms with Gasteiger partial charge in [-0.2, -0.15) is 11.8 Å². The van der Waals surface area contributed by atoms with E-state index in [9.17, 15) is 0 Å². The number of anilines is 1. The average molecular weight is 252 g/mol. The fourth-order valence-corrected chi connectivity index (χ4v) is 3.02. The lowest BCUT2D eigenvalue weighted by molar-refractivity contribution is 0.287. The highest BCUT2D eigenvalue weighted by atomic mass is 32.2. The molecule has 0 spiro atoms. The first-order valence-electron chi connectivity index (χ1n) is 6.02. The van der Waals surface area contributed by atoms with E-state index in [1.165, 1.54) is 36.6 Å². The Balaban J connectivity index is 1.99. The molecular weight excluding hydrogens is 232 g/mol. The van der Waals surface area contributed by atoms with Gasteiger partial charge in [0.15, 0.2) is 0 Å². The lowest BCUT2D eigenvalue weighted by Crippen LogP contribution is -2.25. The summed E-state index contributed by atoms with van der Waals surface area (Å²) in [6, 6.07) is 6.08. The second kappa shape index (κ2) is 6.17. The van der Waals surface area contributed by atoms with Crippen molar-refractivity contribution in [2.45, 2.75) is 13.0 Å². The maximum atomic E-state index is 5.92. The van der Waals surface area contributed by atoms with Gasteiger partial charge in [-0.25, -0.2) is 0 Å². The van der Waals surface area contributed by atoms with Gasteiger partial charge in [-0.15, -0.1) is 0 Å². The Bertz CT molecular complexity index is 362. The van der Waals surface area contributed by atoms with E-state index in [0.717, 1.165) is 18.0 Å². The third kappa shape index (κ3) is 3.54. The normalized spacial score (nSPS) is 17.7. The van der Waals surface area contributed by atoms with Gasteiger partial charge in [0.1, 0.15) is 5.75 Å². The van der Waals surface area contributed by atoms with E-state index >= 15 is 0 Å². The van der Waals surface area contributed by atoms with Crippen LogP contribution in [-0.2, 0) is 6.54 Å². The Kier molecular flexibility index (Phi) is 4.57. The molecule has 0 radical (unpaired) electrons. The third-order valence-electron chi connectivity index (χ3n) is 3.02. The molecule has 1 aliphatic heterocycles. The number of nitrogens with two attached hydrogens (primary N) is 1. The first-order chi connectivity index (χ1) is 8.29. The number of benzene rings is 1. The maximum Gasteiger partial charge on any atom is 0.141 e. The highest BCUT2D eigenvalue weighted by Crippen LogP contribution is 2.23. The minimum Gasteiger partial charge on any atom is -0.495 e. The molecule has 1 saturated heterocycles. The van der Waals surface area contributed by atoms with Crippen LogP contribution in [0.1, 0.15) is 12.0 Å². The number of ether oxygens (including phenoxy) is 1. The highest BCUT2D eigenvalue weighted by Gasteiger charge is 2.10. The molecule has 1 aliphatic rings. The molecule has 0 aromatic heterocycles. The van der Waals surface area contributed by atoms with Gasteiger partial charge in [0.2, 0.25) is 0 Å². The van der Waals surface area contributed by atoms with E-state index in [-0.39, 0.29) is 0 Å². The van der Waals surface area contributed by atoms with Crippen LogP contribution in [0.5, 0.6) is 5.75 Å². The number of nitrogen functional groups attached to an aromatic ring is 1. The molecule has 1 heterocycles. The topological polar surface area (TPSA) is 38.5 Å². The van der Waals surface area contributed by atoms with Crippen molar-refractivity contribution in [3.05, 3.63) is 23.8 Å². The van der Waals surface area contributed by atoms with Gasteiger partial charge in [0.25, 0.3) is 0 Å². The van der Waals surface area contributed by atoms with Crippen molar-refractivity contribution in [3.8, 4) is 5.75 Å². The Hall–Kier alpha value is -0.870. The molecule has 4 heteroatoms. The zero-order valence-electron chi connectivity index (χ0n) is 10.3. The fourth-order valence-electron chi connectivity index (χ4n) is 2.10. The largest absolute Gasteiger partial charge is 0.495 e. The van der Waals surface area contributed by atoms with Gasteiger partial charge in [-0.1, -0.05) is 6.07 Å². The van der Waals surface area contributed by atoms with Crippen molar-refractivity contribution >= 4 is 17.4 Å². The predicted octanol–water partition coefficient (Wildman–Crippen LogP) is 2.22. The van der Waals surface area contributed by atoms with Crippen molar-refractivity contribution in [3.63, 3.8) is 0 Å². The molecule has 1 aromatic rings. The van der Waals surface area contributed by atoms with Gasteiger partial charge >= 0.3 is 0 Å². The summed E-state index contributed by atoms with van der Waals surface area (Å²) in [7, 11) is 1.65. The lowest BCUT2D eigenvalue weighted by atomic mass is 10.1. The molecule has 0 atom stereocenters. The minimum absolute atomic E-state index is 0.731. The molecule has 0 unspecified atom stereocenters. The standard InChI is InChI=1S/C13H20N2OS/c1-16-13-4-3-11(9-12(13)14)10-15-5-2-7-17-8-6-15/h3-4,9H,2,5-8,10,14H2,1H3. The molecule has 17 heavy (non-hydrogen) atoms. The van der Waals surface area contributed by atoms with Crippen molar-refractivity contribution < 1.29 is 4.74 Å². The zero-order valence-corrected chi connectivity index (χ0v) is 11.1. The smallest absolute Gasteiger partial charge is 0.141 e. The van der Waals surface area contributed by atoms with Crippen LogP contribution in [0.15, 0.2) is 18.2 Å². The summed E-state index contributed by atoms with van der Waals surface area (Å²) in [5.41, 5.74) is 7.92. The molecule has 0 saturated carbocycles. The Morgan fingerprint density at radius 1 is 1.35 bits per heavy atom. The van der Waals surface area contributed by atoms with Crippen molar-refractivity contribution in [2.24, 2.45) is 0 Å². The first kappa shape index (κ1) is 12.6. The monoisotopic (exact) mass is 252 g/mol. The van der Waals surface area contributed by atoms with Gasteiger partial charge in [-0.05, 0) is 36.4 Å². The van der Waals surface area contributed by atoms with Gasteiger partial charge in [0, 0.05) is 18.8 Å². The number of rotatable bonds is 3. The van der Waals surface area contributed by atoms with Crippen LogP contribution in [0, 0.1) is 0 Å². The van der Waals surface area contributed by atoms with E-state index < -0.39 is 0 Å². The predicted molar refractivity (Wildman–Crippen MR) is 74.6 cm³/mol. The van der Waals surface area contributed by atoms with Crippen LogP contribution in [0.3, 0.4) is 0 Å². The number of thioether (sulfide) groups is 1. The minimum atomic E-state index is 0.731. The van der Waals surface area contributed by atoms with Crippen molar-refractivity contribution in [1.29, 1.82) is 0 Å². The molecule has 0 bridgehead atoms. The summed E-state index contributed by atoms with van der Waals surface area (Å²) >= 11 is 2.05. The summed E-state index contributed by atoms with van der Waals surface area (Å²) in [6.45, 7) is 3.37. The van der Waals surface area contributed by atoms with Crippen molar-refractivity contribution in [1.82, 2.24) is 4.90 Å². The van der Waals surface area contributed by atoms with E-state index in [2.05, 4.69) is 22.7 Å². The third-order valence-corrected chi connectivity index (χ3v) is 4.06. The van der Waals surface area contributed by atoms with E-state index in [1.807, 2.05) is 12.1 Å². The summed E-state index contributed by atoms with van der Waals surface area (Å²) in [5, 5.41) is 0. The summed E-state index contributed by atoms with van der Waals surface area (Å²) in [4.78, 5) is 2.50. The summed E-state index contributed by atoms with van der Waals surface area (Å²) < 4.78 is 5.17. The molecular formula is C13H20N2OS. The molecule has 2 rings (SSSR count). The number of methoxy groups -OCH3 is 1. The average Bonchev–Trinajstić information content (AvgIpc) is 2.58. The fraction of sp³-hybridized carbons (Fsp3) is 0.538. The van der Waals surface area contributed by atoms with Crippen LogP contribution < -0.4 is 10.5 Å². The molecule has 0 amide bonds. The van der Waals surface area contributed by atoms with Crippen LogP contribution in [0.4, 0.5) is 5.69 Å². The molecule has 1 aromatic carbocycles. The van der Waals surface area contributed by atoms with Crippen LogP contribution >= 0.6 is 11.8 Å². The van der Waals surface area contributed by atoms with E-state index in [0.29, 0.717) is 0 Å². The number of nitrogens with zero attached hydrogens (tertiary/aromatic N) is 1.